The Kier molecular flexibility index (Phi) is 5.41. The normalized spacial score (nSPS) is 14.9. The second-order valence-corrected chi connectivity index (χ2v) is 5.75. The van der Waals surface area contributed by atoms with Crippen LogP contribution >= 0.6 is 24.8 Å². The first-order valence-corrected chi connectivity index (χ1v) is 7.49. The Hall–Kier alpha value is -1.34. The van der Waals surface area contributed by atoms with Crippen LogP contribution in [0.3, 0.4) is 0 Å². The van der Waals surface area contributed by atoms with Gasteiger partial charge in [-0.25, -0.2) is 0 Å². The minimum absolute atomic E-state index is 0.610. The third kappa shape index (κ3) is 3.47. The Labute approximate surface area is 136 Å². The topological polar surface area (TPSA) is 34.2 Å². The lowest BCUT2D eigenvalue weighted by atomic mass is 10.2. The molecule has 116 valence electrons. The van der Waals surface area contributed by atoms with Gasteiger partial charge in [0.05, 0.1) is 21.3 Å². The van der Waals surface area contributed by atoms with Gasteiger partial charge in [0, 0.05) is 44.0 Å². The third-order valence-corrected chi connectivity index (χ3v) is 4.11. The largest absolute Gasteiger partial charge is 0.493 e. The molecule has 1 fully saturated rings. The van der Waals surface area contributed by atoms with E-state index in [-0.39, 0.29) is 0 Å². The molecule has 0 aliphatic carbocycles. The molecule has 1 saturated heterocycles. The summed E-state index contributed by atoms with van der Waals surface area (Å²) in [4.78, 5) is 4.36. The molecule has 0 saturated carbocycles. The molecule has 0 atom stereocenters. The van der Waals surface area contributed by atoms with E-state index < -0.39 is 0 Å². The number of piperazine rings is 1. The lowest BCUT2D eigenvalue weighted by Crippen LogP contribution is -2.47. The summed E-state index contributed by atoms with van der Waals surface area (Å²) in [7, 11) is 4.85. The third-order valence-electron chi connectivity index (χ3n) is 3.56. The van der Waals surface area contributed by atoms with Gasteiger partial charge < -0.3 is 24.0 Å². The highest BCUT2D eigenvalue weighted by Crippen LogP contribution is 2.41. The van der Waals surface area contributed by atoms with Crippen molar-refractivity contribution in [3.05, 3.63) is 12.1 Å². The molecule has 1 aliphatic heterocycles. The molecule has 2 rings (SSSR count). The summed E-state index contributed by atoms with van der Waals surface area (Å²) in [5.41, 5.74) is 1.05. The maximum Gasteiger partial charge on any atom is 0.203 e. The maximum absolute atomic E-state index is 5.39. The molecular weight excluding hydrogens is 308 g/mol. The fourth-order valence-electron chi connectivity index (χ4n) is 2.41. The molecule has 1 aliphatic rings. The molecule has 0 bridgehead atoms. The van der Waals surface area contributed by atoms with Crippen LogP contribution in [-0.4, -0.2) is 56.7 Å². The first-order chi connectivity index (χ1) is 10.1. The van der Waals surface area contributed by atoms with Crippen molar-refractivity contribution in [3.63, 3.8) is 0 Å². The van der Waals surface area contributed by atoms with Crippen LogP contribution in [0.1, 0.15) is 0 Å². The summed E-state index contributed by atoms with van der Waals surface area (Å²) >= 11 is 9.33. The van der Waals surface area contributed by atoms with Crippen LogP contribution in [0.25, 0.3) is 0 Å². The fourth-order valence-corrected chi connectivity index (χ4v) is 2.79. The molecular formula is C14H20N2O3S2. The number of nitrogens with zero attached hydrogens (tertiary/aromatic N) is 2. The van der Waals surface area contributed by atoms with Gasteiger partial charge in [-0.3, -0.25) is 0 Å². The number of thiol groups is 1. The highest BCUT2D eigenvalue weighted by atomic mass is 32.1. The van der Waals surface area contributed by atoms with Crippen molar-refractivity contribution in [2.24, 2.45) is 0 Å². The summed E-state index contributed by atoms with van der Waals surface area (Å²) < 4.78 is 16.8. The van der Waals surface area contributed by atoms with E-state index in [1.165, 1.54) is 0 Å². The smallest absolute Gasteiger partial charge is 0.203 e. The molecule has 0 spiro atoms. The quantitative estimate of drug-likeness (QED) is 0.673. The lowest BCUT2D eigenvalue weighted by molar-refractivity contribution is 0.324. The molecule has 1 aromatic rings. The first kappa shape index (κ1) is 16.0. The summed E-state index contributed by atoms with van der Waals surface area (Å²) in [5.74, 6) is 1.94. The Balaban J connectivity index is 2.23. The standard InChI is InChI=1S/C14H20N2O3S2/c1-17-11-8-10(9-12(18-2)13(11)19-3)15-4-6-16(7-5-15)14(20)21/h8-9H,4-7H2,1-3H3,(H,20,21). The Morgan fingerprint density at radius 1 is 1.00 bits per heavy atom. The minimum Gasteiger partial charge on any atom is -0.493 e. The Bertz CT molecular complexity index is 492. The van der Waals surface area contributed by atoms with Crippen molar-refractivity contribution >= 4 is 34.9 Å². The monoisotopic (exact) mass is 328 g/mol. The van der Waals surface area contributed by atoms with Crippen LogP contribution in [-0.2, 0) is 0 Å². The van der Waals surface area contributed by atoms with Gasteiger partial charge in [0.2, 0.25) is 5.75 Å². The fraction of sp³-hybridized carbons (Fsp3) is 0.500. The second kappa shape index (κ2) is 7.09. The Morgan fingerprint density at radius 2 is 1.52 bits per heavy atom. The minimum atomic E-state index is 0.610. The van der Waals surface area contributed by atoms with Crippen LogP contribution in [0, 0.1) is 0 Å². The number of hydrogen-bond donors (Lipinski definition) is 1. The Morgan fingerprint density at radius 3 is 1.90 bits per heavy atom. The van der Waals surface area contributed by atoms with Crippen molar-refractivity contribution in [1.82, 2.24) is 4.90 Å². The van der Waals surface area contributed by atoms with E-state index in [4.69, 9.17) is 26.4 Å². The zero-order valence-electron chi connectivity index (χ0n) is 12.5. The predicted octanol–water partition coefficient (Wildman–Crippen LogP) is 2.05. The van der Waals surface area contributed by atoms with E-state index in [2.05, 4.69) is 22.4 Å². The van der Waals surface area contributed by atoms with Crippen LogP contribution in [0.15, 0.2) is 12.1 Å². The molecule has 0 radical (unpaired) electrons. The summed E-state index contributed by atoms with van der Waals surface area (Å²) in [6.07, 6.45) is 0. The number of hydrogen-bond acceptors (Lipinski definition) is 5. The van der Waals surface area contributed by atoms with Crippen LogP contribution in [0.4, 0.5) is 5.69 Å². The average Bonchev–Trinajstić information content (AvgIpc) is 2.53. The van der Waals surface area contributed by atoms with Crippen LogP contribution in [0.5, 0.6) is 17.2 Å². The first-order valence-electron chi connectivity index (χ1n) is 6.63. The molecule has 21 heavy (non-hydrogen) atoms. The number of anilines is 1. The van der Waals surface area contributed by atoms with Crippen molar-refractivity contribution in [2.75, 3.05) is 52.4 Å². The van der Waals surface area contributed by atoms with Gasteiger partial charge in [0.1, 0.15) is 4.32 Å². The van der Waals surface area contributed by atoms with Gasteiger partial charge in [0.25, 0.3) is 0 Å². The highest BCUT2D eigenvalue weighted by molar-refractivity contribution is 8.10. The van der Waals surface area contributed by atoms with Gasteiger partial charge in [-0.1, -0.05) is 12.2 Å². The van der Waals surface area contributed by atoms with Crippen LogP contribution in [0.2, 0.25) is 0 Å². The zero-order chi connectivity index (χ0) is 15.4. The molecule has 7 heteroatoms. The number of benzene rings is 1. The van der Waals surface area contributed by atoms with E-state index >= 15 is 0 Å². The average molecular weight is 328 g/mol. The number of methoxy groups -OCH3 is 3. The molecule has 5 nitrogen and oxygen atoms in total. The van der Waals surface area contributed by atoms with E-state index in [1.807, 2.05) is 12.1 Å². The second-order valence-electron chi connectivity index (χ2n) is 4.64. The number of thiocarbonyl (C=S) groups is 1. The van der Waals surface area contributed by atoms with Gasteiger partial charge in [-0.15, -0.1) is 12.6 Å². The zero-order valence-corrected chi connectivity index (χ0v) is 14.2. The van der Waals surface area contributed by atoms with Crippen molar-refractivity contribution < 1.29 is 14.2 Å². The van der Waals surface area contributed by atoms with E-state index in [1.54, 1.807) is 21.3 Å². The van der Waals surface area contributed by atoms with E-state index in [9.17, 15) is 0 Å². The molecule has 0 aromatic heterocycles. The maximum atomic E-state index is 5.39. The molecule has 0 N–H and O–H groups in total. The van der Waals surface area contributed by atoms with Crippen LogP contribution < -0.4 is 19.1 Å². The van der Waals surface area contributed by atoms with Crippen molar-refractivity contribution in [3.8, 4) is 17.2 Å². The van der Waals surface area contributed by atoms with Crippen molar-refractivity contribution in [2.45, 2.75) is 0 Å². The predicted molar refractivity (Wildman–Crippen MR) is 91.5 cm³/mol. The van der Waals surface area contributed by atoms with Gasteiger partial charge >= 0.3 is 0 Å². The molecule has 1 aromatic carbocycles. The summed E-state index contributed by atoms with van der Waals surface area (Å²) in [6, 6.07) is 3.94. The molecule has 0 unspecified atom stereocenters. The van der Waals surface area contributed by atoms with Crippen molar-refractivity contribution in [1.29, 1.82) is 0 Å². The van der Waals surface area contributed by atoms with Gasteiger partial charge in [-0.2, -0.15) is 0 Å². The van der Waals surface area contributed by atoms with Gasteiger partial charge in [0.15, 0.2) is 11.5 Å². The summed E-state index contributed by atoms with van der Waals surface area (Å²) in [6.45, 7) is 3.47. The van der Waals surface area contributed by atoms with E-state index in [0.717, 1.165) is 31.9 Å². The number of ether oxygens (including phenoxy) is 3. The SMILES string of the molecule is COc1cc(N2CCN(C(=S)S)CC2)cc(OC)c1OC. The molecule has 1 heterocycles. The van der Waals surface area contributed by atoms with E-state index in [0.29, 0.717) is 21.6 Å². The molecule has 0 amide bonds. The number of rotatable bonds is 4. The summed E-state index contributed by atoms with van der Waals surface area (Å²) in [5, 5.41) is 0. The lowest BCUT2D eigenvalue weighted by Gasteiger charge is -2.36. The highest BCUT2D eigenvalue weighted by Gasteiger charge is 2.21. The van der Waals surface area contributed by atoms with Gasteiger partial charge in [-0.05, 0) is 0 Å².